The van der Waals surface area contributed by atoms with Crippen LogP contribution < -0.4 is 0 Å². The van der Waals surface area contributed by atoms with Crippen molar-refractivity contribution >= 4 is 5.91 Å². The lowest BCUT2D eigenvalue weighted by Gasteiger charge is -2.16. The molecular formula is C12H13FN4O. The SMILES string of the molecule is [N-]=[N+]=NC1C(=O)N(Cc2ccccc2)C[C@@H]1CF. The van der Waals surface area contributed by atoms with Crippen LogP contribution in [-0.4, -0.2) is 30.1 Å². The highest BCUT2D eigenvalue weighted by Gasteiger charge is 2.39. The smallest absolute Gasteiger partial charge is 0.232 e. The summed E-state index contributed by atoms with van der Waals surface area (Å²) in [6.45, 7) is 0.0717. The first-order chi connectivity index (χ1) is 8.76. The molecular weight excluding hydrogens is 235 g/mol. The fourth-order valence-corrected chi connectivity index (χ4v) is 2.14. The third kappa shape index (κ3) is 2.43. The van der Waals surface area contributed by atoms with Gasteiger partial charge >= 0.3 is 0 Å². The number of benzene rings is 1. The van der Waals surface area contributed by atoms with E-state index in [0.29, 0.717) is 13.1 Å². The highest BCUT2D eigenvalue weighted by Crippen LogP contribution is 2.24. The zero-order chi connectivity index (χ0) is 13.0. The zero-order valence-electron chi connectivity index (χ0n) is 9.74. The summed E-state index contributed by atoms with van der Waals surface area (Å²) in [5.74, 6) is -0.823. The molecule has 6 heteroatoms. The van der Waals surface area contributed by atoms with Crippen LogP contribution in [0.5, 0.6) is 0 Å². The van der Waals surface area contributed by atoms with Gasteiger partial charge in [-0.2, -0.15) is 0 Å². The normalized spacial score (nSPS) is 22.9. The second kappa shape index (κ2) is 5.51. The Labute approximate surface area is 104 Å². The lowest BCUT2D eigenvalue weighted by Crippen LogP contribution is -2.28. The number of azide groups is 1. The van der Waals surface area contributed by atoms with E-state index in [-0.39, 0.29) is 5.91 Å². The summed E-state index contributed by atoms with van der Waals surface area (Å²) in [5, 5.41) is 3.40. The monoisotopic (exact) mass is 248 g/mol. The summed E-state index contributed by atoms with van der Waals surface area (Å²) in [7, 11) is 0. The van der Waals surface area contributed by atoms with Gasteiger partial charge in [0.25, 0.3) is 0 Å². The Kier molecular flexibility index (Phi) is 3.79. The summed E-state index contributed by atoms with van der Waals surface area (Å²) in [4.78, 5) is 16.1. The van der Waals surface area contributed by atoms with E-state index in [1.54, 1.807) is 4.90 Å². The summed E-state index contributed by atoms with van der Waals surface area (Å²) >= 11 is 0. The molecule has 0 bridgehead atoms. The number of alkyl halides is 1. The van der Waals surface area contributed by atoms with E-state index in [1.807, 2.05) is 30.3 Å². The predicted molar refractivity (Wildman–Crippen MR) is 64.3 cm³/mol. The van der Waals surface area contributed by atoms with E-state index in [0.717, 1.165) is 5.56 Å². The van der Waals surface area contributed by atoms with E-state index in [4.69, 9.17) is 5.53 Å². The van der Waals surface area contributed by atoms with Crippen molar-refractivity contribution in [2.45, 2.75) is 12.6 Å². The molecule has 1 heterocycles. The number of amides is 1. The third-order valence-corrected chi connectivity index (χ3v) is 3.06. The first-order valence-corrected chi connectivity index (χ1v) is 5.69. The fraction of sp³-hybridized carbons (Fsp3) is 0.417. The molecule has 94 valence electrons. The van der Waals surface area contributed by atoms with Crippen LogP contribution in [0.4, 0.5) is 4.39 Å². The molecule has 1 aromatic carbocycles. The van der Waals surface area contributed by atoms with Crippen LogP contribution in [0, 0.1) is 5.92 Å². The van der Waals surface area contributed by atoms with Crippen LogP contribution >= 0.6 is 0 Å². The maximum atomic E-state index is 12.8. The van der Waals surface area contributed by atoms with Gasteiger partial charge in [-0.3, -0.25) is 9.18 Å². The van der Waals surface area contributed by atoms with Gasteiger partial charge in [-0.1, -0.05) is 35.4 Å². The minimum absolute atomic E-state index is 0.292. The Morgan fingerprint density at radius 3 is 2.78 bits per heavy atom. The molecule has 0 saturated carbocycles. The summed E-state index contributed by atoms with van der Waals surface area (Å²) in [6, 6.07) is 8.56. The van der Waals surface area contributed by atoms with Crippen molar-refractivity contribution in [2.75, 3.05) is 13.2 Å². The first kappa shape index (κ1) is 12.4. The number of carbonyl (C=O) groups excluding carboxylic acids is 1. The number of halogens is 1. The lowest BCUT2D eigenvalue weighted by atomic mass is 10.1. The van der Waals surface area contributed by atoms with E-state index in [9.17, 15) is 9.18 Å². The highest BCUT2D eigenvalue weighted by atomic mass is 19.1. The molecule has 1 aliphatic rings. The van der Waals surface area contributed by atoms with Crippen LogP contribution in [0.15, 0.2) is 35.4 Å². The molecule has 5 nitrogen and oxygen atoms in total. The molecule has 2 rings (SSSR count). The van der Waals surface area contributed by atoms with Gasteiger partial charge in [0, 0.05) is 23.9 Å². The van der Waals surface area contributed by atoms with Gasteiger partial charge in [-0.25, -0.2) is 0 Å². The standard InChI is InChI=1S/C12H13FN4O/c13-6-10-8-17(12(18)11(10)15-16-14)7-9-4-2-1-3-5-9/h1-5,10-11H,6-8H2/t10-,11?/m0/s1. The first-order valence-electron chi connectivity index (χ1n) is 5.69. The molecule has 1 fully saturated rings. The summed E-state index contributed by atoms with van der Waals surface area (Å²) < 4.78 is 12.8. The molecule has 18 heavy (non-hydrogen) atoms. The molecule has 1 unspecified atom stereocenters. The van der Waals surface area contributed by atoms with Crippen LogP contribution in [0.1, 0.15) is 5.56 Å². The predicted octanol–water partition coefficient (Wildman–Crippen LogP) is 2.29. The number of carbonyl (C=O) groups is 1. The van der Waals surface area contributed by atoms with E-state index < -0.39 is 18.6 Å². The zero-order valence-corrected chi connectivity index (χ0v) is 9.74. The van der Waals surface area contributed by atoms with Crippen LogP contribution in [0.25, 0.3) is 10.4 Å². The number of hydrogen-bond donors (Lipinski definition) is 0. The van der Waals surface area contributed by atoms with E-state index >= 15 is 0 Å². The van der Waals surface area contributed by atoms with Gasteiger partial charge in [-0.05, 0) is 11.1 Å². The molecule has 0 radical (unpaired) electrons. The van der Waals surface area contributed by atoms with E-state index in [2.05, 4.69) is 10.0 Å². The average molecular weight is 248 g/mol. The molecule has 1 amide bonds. The third-order valence-electron chi connectivity index (χ3n) is 3.06. The van der Waals surface area contributed by atoms with Crippen molar-refractivity contribution in [1.82, 2.24) is 4.90 Å². The Morgan fingerprint density at radius 2 is 2.17 bits per heavy atom. The van der Waals surface area contributed by atoms with Gasteiger partial charge in [0.15, 0.2) is 0 Å². The molecule has 1 aliphatic heterocycles. The molecule has 0 aromatic heterocycles. The van der Waals surface area contributed by atoms with Crippen molar-refractivity contribution in [2.24, 2.45) is 11.0 Å². The maximum Gasteiger partial charge on any atom is 0.232 e. The van der Waals surface area contributed by atoms with Gasteiger partial charge in [0.05, 0.1) is 6.67 Å². The van der Waals surface area contributed by atoms with Crippen molar-refractivity contribution in [3.8, 4) is 0 Å². The maximum absolute atomic E-state index is 12.8. The van der Waals surface area contributed by atoms with Crippen molar-refractivity contribution < 1.29 is 9.18 Å². The Hall–Kier alpha value is -2.07. The number of likely N-dealkylation sites (tertiary alicyclic amines) is 1. The summed E-state index contributed by atoms with van der Waals surface area (Å²) in [5.41, 5.74) is 9.38. The Bertz CT molecular complexity index is 472. The topological polar surface area (TPSA) is 69.1 Å². The van der Waals surface area contributed by atoms with Crippen molar-refractivity contribution in [1.29, 1.82) is 0 Å². The fourth-order valence-electron chi connectivity index (χ4n) is 2.14. The average Bonchev–Trinajstić information content (AvgIpc) is 2.69. The lowest BCUT2D eigenvalue weighted by molar-refractivity contribution is -0.129. The van der Waals surface area contributed by atoms with Crippen LogP contribution in [-0.2, 0) is 11.3 Å². The van der Waals surface area contributed by atoms with Crippen molar-refractivity contribution in [3.63, 3.8) is 0 Å². The molecule has 2 atom stereocenters. The molecule has 0 N–H and O–H groups in total. The van der Waals surface area contributed by atoms with Crippen LogP contribution in [0.2, 0.25) is 0 Å². The van der Waals surface area contributed by atoms with Crippen LogP contribution in [0.3, 0.4) is 0 Å². The minimum atomic E-state index is -0.899. The molecule has 0 spiro atoms. The number of hydrogen-bond acceptors (Lipinski definition) is 2. The number of nitrogens with zero attached hydrogens (tertiary/aromatic N) is 4. The van der Waals surface area contributed by atoms with Crippen molar-refractivity contribution in [3.05, 3.63) is 46.3 Å². The van der Waals surface area contributed by atoms with Gasteiger partial charge in [-0.15, -0.1) is 0 Å². The Balaban J connectivity index is 2.11. The second-order valence-corrected chi connectivity index (χ2v) is 4.27. The van der Waals surface area contributed by atoms with Gasteiger partial charge in [0.1, 0.15) is 6.04 Å². The molecule has 0 aliphatic carbocycles. The Morgan fingerprint density at radius 1 is 1.44 bits per heavy atom. The minimum Gasteiger partial charge on any atom is -0.338 e. The van der Waals surface area contributed by atoms with Gasteiger partial charge < -0.3 is 4.90 Å². The largest absolute Gasteiger partial charge is 0.338 e. The molecule has 1 saturated heterocycles. The second-order valence-electron chi connectivity index (χ2n) is 4.27. The van der Waals surface area contributed by atoms with E-state index in [1.165, 1.54) is 0 Å². The quantitative estimate of drug-likeness (QED) is 0.458. The summed E-state index contributed by atoms with van der Waals surface area (Å²) in [6.07, 6.45) is 0. The van der Waals surface area contributed by atoms with Gasteiger partial charge in [0.2, 0.25) is 5.91 Å². The molecule has 1 aromatic rings. The highest BCUT2D eigenvalue weighted by molar-refractivity contribution is 5.84. The number of rotatable bonds is 4.